The highest BCUT2D eigenvalue weighted by atomic mass is 32.2. The molecule has 1 aromatic rings. The molecule has 1 aromatic carbocycles. The maximum absolute atomic E-state index is 12.1. The molecule has 0 saturated carbocycles. The van der Waals surface area contributed by atoms with Crippen LogP contribution in [0.1, 0.15) is 16.8 Å². The summed E-state index contributed by atoms with van der Waals surface area (Å²) in [5, 5.41) is 12.4. The van der Waals surface area contributed by atoms with E-state index in [1.165, 1.54) is 32.3 Å². The summed E-state index contributed by atoms with van der Waals surface area (Å²) in [5.41, 5.74) is 0.334. The average molecular weight is 314 g/mol. The second-order valence-corrected chi connectivity index (χ2v) is 7.16. The topological polar surface area (TPSA) is 95.9 Å². The first-order valence-electron chi connectivity index (χ1n) is 6.46. The van der Waals surface area contributed by atoms with Gasteiger partial charge in [0.1, 0.15) is 0 Å². The number of carboxylic acid groups (broad SMARTS) is 1. The lowest BCUT2D eigenvalue weighted by atomic mass is 10.1. The molecule has 1 aliphatic heterocycles. The molecular weight excluding hydrogens is 296 g/mol. The fraction of sp³-hybridized carbons (Fsp3) is 0.462. The number of aromatic carboxylic acids is 1. The number of carbonyl (C=O) groups is 1. The van der Waals surface area contributed by atoms with E-state index in [4.69, 9.17) is 4.74 Å². The Morgan fingerprint density at radius 2 is 2.14 bits per heavy atom. The van der Waals surface area contributed by atoms with Gasteiger partial charge in [0.15, 0.2) is 0 Å². The van der Waals surface area contributed by atoms with Crippen molar-refractivity contribution in [2.24, 2.45) is 0 Å². The van der Waals surface area contributed by atoms with Crippen molar-refractivity contribution in [2.75, 3.05) is 32.6 Å². The predicted octanol–water partition coefficient (Wildman–Crippen LogP) is 0.836. The zero-order chi connectivity index (χ0) is 15.6. The molecule has 0 spiro atoms. The summed E-state index contributed by atoms with van der Waals surface area (Å²) in [7, 11) is -0.858. The van der Waals surface area contributed by atoms with E-state index in [9.17, 15) is 18.3 Å². The number of sulfonamides is 1. The van der Waals surface area contributed by atoms with Crippen LogP contribution >= 0.6 is 0 Å². The summed E-state index contributed by atoms with van der Waals surface area (Å²) in [6.07, 6.45) is 0.788. The van der Waals surface area contributed by atoms with Crippen LogP contribution in [0.15, 0.2) is 23.1 Å². The monoisotopic (exact) mass is 314 g/mol. The van der Waals surface area contributed by atoms with Gasteiger partial charge >= 0.3 is 5.97 Å². The molecule has 7 nitrogen and oxygen atoms in total. The molecule has 1 aliphatic rings. The normalized spacial score (nSPS) is 18.9. The Morgan fingerprint density at radius 3 is 2.67 bits per heavy atom. The highest BCUT2D eigenvalue weighted by Crippen LogP contribution is 2.24. The summed E-state index contributed by atoms with van der Waals surface area (Å²) in [5.74, 6) is -1.17. The van der Waals surface area contributed by atoms with Gasteiger partial charge in [0.05, 0.1) is 23.1 Å². The third-order valence-electron chi connectivity index (χ3n) is 3.29. The van der Waals surface area contributed by atoms with Crippen LogP contribution in [0.5, 0.6) is 0 Å². The molecule has 116 valence electrons. The first-order valence-corrected chi connectivity index (χ1v) is 7.90. The molecule has 0 radical (unpaired) electrons. The van der Waals surface area contributed by atoms with Crippen LogP contribution < -0.4 is 5.32 Å². The number of hydrogen-bond donors (Lipinski definition) is 2. The van der Waals surface area contributed by atoms with Crippen LogP contribution in [0.2, 0.25) is 0 Å². The molecule has 1 atom stereocenters. The molecule has 1 saturated heterocycles. The van der Waals surface area contributed by atoms with Gasteiger partial charge in [-0.3, -0.25) is 0 Å². The molecule has 1 heterocycles. The van der Waals surface area contributed by atoms with E-state index in [-0.39, 0.29) is 16.5 Å². The molecule has 1 unspecified atom stereocenters. The van der Waals surface area contributed by atoms with Gasteiger partial charge in [0, 0.05) is 26.4 Å². The van der Waals surface area contributed by atoms with E-state index in [0.717, 1.165) is 10.7 Å². The number of nitrogens with zero attached hydrogens (tertiary/aromatic N) is 1. The van der Waals surface area contributed by atoms with E-state index in [1.54, 1.807) is 0 Å². The largest absolute Gasteiger partial charge is 0.478 e. The van der Waals surface area contributed by atoms with Crippen LogP contribution in [-0.2, 0) is 14.8 Å². The maximum atomic E-state index is 12.1. The van der Waals surface area contributed by atoms with Gasteiger partial charge in [-0.15, -0.1) is 0 Å². The number of carboxylic acids is 1. The van der Waals surface area contributed by atoms with Gasteiger partial charge in [-0.05, 0) is 24.6 Å². The smallest absolute Gasteiger partial charge is 0.337 e. The minimum atomic E-state index is -3.66. The Morgan fingerprint density at radius 1 is 1.43 bits per heavy atom. The summed E-state index contributed by atoms with van der Waals surface area (Å²) < 4.78 is 30.4. The number of benzene rings is 1. The predicted molar refractivity (Wildman–Crippen MR) is 77.1 cm³/mol. The lowest BCUT2D eigenvalue weighted by Gasteiger charge is -2.17. The van der Waals surface area contributed by atoms with Crippen molar-refractivity contribution >= 4 is 21.7 Å². The minimum absolute atomic E-state index is 0.0411. The number of anilines is 1. The summed E-state index contributed by atoms with van der Waals surface area (Å²) in [4.78, 5) is 11.3. The fourth-order valence-corrected chi connectivity index (χ4v) is 2.99. The highest BCUT2D eigenvalue weighted by molar-refractivity contribution is 7.89. The van der Waals surface area contributed by atoms with Crippen LogP contribution in [-0.4, -0.2) is 57.1 Å². The van der Waals surface area contributed by atoms with Gasteiger partial charge in [0.2, 0.25) is 10.0 Å². The van der Waals surface area contributed by atoms with Gasteiger partial charge in [0.25, 0.3) is 0 Å². The zero-order valence-electron chi connectivity index (χ0n) is 11.9. The van der Waals surface area contributed by atoms with Crippen molar-refractivity contribution < 1.29 is 23.1 Å². The molecule has 0 aromatic heterocycles. The Kier molecular flexibility index (Phi) is 4.50. The van der Waals surface area contributed by atoms with Crippen molar-refractivity contribution in [3.63, 3.8) is 0 Å². The molecule has 21 heavy (non-hydrogen) atoms. The van der Waals surface area contributed by atoms with Crippen molar-refractivity contribution in [3.8, 4) is 0 Å². The van der Waals surface area contributed by atoms with Gasteiger partial charge in [-0.25, -0.2) is 17.5 Å². The maximum Gasteiger partial charge on any atom is 0.337 e. The van der Waals surface area contributed by atoms with Gasteiger partial charge in [-0.2, -0.15) is 0 Å². The van der Waals surface area contributed by atoms with Gasteiger partial charge < -0.3 is 15.2 Å². The molecule has 2 rings (SSSR count). The molecule has 1 fully saturated rings. The SMILES string of the molecule is CN(C)S(=O)(=O)c1ccc(NC2CCOC2)c(C(=O)O)c1. The van der Waals surface area contributed by atoms with E-state index < -0.39 is 16.0 Å². The van der Waals surface area contributed by atoms with E-state index >= 15 is 0 Å². The van der Waals surface area contributed by atoms with Crippen molar-refractivity contribution in [3.05, 3.63) is 23.8 Å². The minimum Gasteiger partial charge on any atom is -0.478 e. The Hall–Kier alpha value is -1.64. The van der Waals surface area contributed by atoms with Gasteiger partial charge in [-0.1, -0.05) is 0 Å². The van der Waals surface area contributed by atoms with Crippen LogP contribution in [0.4, 0.5) is 5.69 Å². The molecule has 8 heteroatoms. The molecule has 0 bridgehead atoms. The van der Waals surface area contributed by atoms with E-state index in [0.29, 0.717) is 18.9 Å². The van der Waals surface area contributed by atoms with Crippen molar-refractivity contribution in [2.45, 2.75) is 17.4 Å². The number of ether oxygens (including phenoxy) is 1. The number of nitrogens with one attached hydrogen (secondary N) is 1. The highest BCUT2D eigenvalue weighted by Gasteiger charge is 2.23. The van der Waals surface area contributed by atoms with Crippen molar-refractivity contribution in [1.29, 1.82) is 0 Å². The third-order valence-corrected chi connectivity index (χ3v) is 5.10. The first-order chi connectivity index (χ1) is 9.82. The van der Waals surface area contributed by atoms with E-state index in [2.05, 4.69) is 5.32 Å². The summed E-state index contributed by atoms with van der Waals surface area (Å²) >= 11 is 0. The summed E-state index contributed by atoms with van der Waals surface area (Å²) in [6.45, 7) is 1.14. The average Bonchev–Trinajstić information content (AvgIpc) is 2.91. The van der Waals surface area contributed by atoms with Crippen molar-refractivity contribution in [1.82, 2.24) is 4.31 Å². The fourth-order valence-electron chi connectivity index (χ4n) is 2.07. The second-order valence-electron chi connectivity index (χ2n) is 5.00. The van der Waals surface area contributed by atoms with Crippen LogP contribution in [0, 0.1) is 0 Å². The summed E-state index contributed by atoms with van der Waals surface area (Å²) in [6, 6.07) is 4.10. The molecule has 2 N–H and O–H groups in total. The molecule has 0 amide bonds. The lowest BCUT2D eigenvalue weighted by molar-refractivity contribution is 0.0697. The first kappa shape index (κ1) is 15.7. The zero-order valence-corrected chi connectivity index (χ0v) is 12.7. The quantitative estimate of drug-likeness (QED) is 0.836. The Labute approximate surface area is 123 Å². The van der Waals surface area contributed by atoms with Crippen LogP contribution in [0.3, 0.4) is 0 Å². The third kappa shape index (κ3) is 3.34. The Bertz CT molecular complexity index is 636. The molecule has 0 aliphatic carbocycles. The number of rotatable bonds is 5. The van der Waals surface area contributed by atoms with Crippen LogP contribution in [0.25, 0.3) is 0 Å². The lowest BCUT2D eigenvalue weighted by Crippen LogP contribution is -2.24. The number of hydrogen-bond acceptors (Lipinski definition) is 5. The van der Waals surface area contributed by atoms with E-state index in [1.807, 2.05) is 0 Å². The Balaban J connectivity index is 2.37. The molecular formula is C13H18N2O5S. The second kappa shape index (κ2) is 6.00. The standard InChI is InChI=1S/C13H18N2O5S/c1-15(2)21(18,19)10-3-4-12(11(7-10)13(16)17)14-9-5-6-20-8-9/h3-4,7,9,14H,5-6,8H2,1-2H3,(H,16,17).